The fourth-order valence-electron chi connectivity index (χ4n) is 3.54. The van der Waals surface area contributed by atoms with Crippen molar-refractivity contribution in [3.05, 3.63) is 35.0 Å². The van der Waals surface area contributed by atoms with Crippen molar-refractivity contribution in [3.63, 3.8) is 0 Å². The molecule has 166 valence electrons. The van der Waals surface area contributed by atoms with Gasteiger partial charge in [-0.2, -0.15) is 0 Å². The Labute approximate surface area is 191 Å². The molecular weight excluding hydrogens is 436 g/mol. The van der Waals surface area contributed by atoms with Gasteiger partial charge >= 0.3 is 0 Å². The summed E-state index contributed by atoms with van der Waals surface area (Å²) in [5.74, 6) is 0.490. The molecule has 1 aromatic carbocycles. The molecule has 2 amide bonds. The lowest BCUT2D eigenvalue weighted by Crippen LogP contribution is -2.48. The molecule has 0 fully saturated rings. The van der Waals surface area contributed by atoms with E-state index in [0.717, 1.165) is 16.8 Å². The number of carbonyl (C=O) groups excluding carboxylic acids is 2. The van der Waals surface area contributed by atoms with Gasteiger partial charge in [-0.05, 0) is 36.8 Å². The first-order chi connectivity index (χ1) is 14.8. The topological polar surface area (TPSA) is 93.2 Å². The van der Waals surface area contributed by atoms with Gasteiger partial charge in [0.1, 0.15) is 17.9 Å². The van der Waals surface area contributed by atoms with E-state index in [1.807, 2.05) is 38.3 Å². The molecule has 0 spiro atoms. The predicted octanol–water partition coefficient (Wildman–Crippen LogP) is 3.49. The molecule has 0 saturated carbocycles. The number of hydrogen-bond acceptors (Lipinski definition) is 6. The average Bonchev–Trinajstić information content (AvgIpc) is 3.14. The molecule has 9 heteroatoms. The summed E-state index contributed by atoms with van der Waals surface area (Å²) in [7, 11) is 0. The maximum Gasteiger partial charge on any atom is 0.242 e. The largest absolute Gasteiger partial charge is 0.486 e. The van der Waals surface area contributed by atoms with Crippen LogP contribution >= 0.6 is 23.4 Å². The van der Waals surface area contributed by atoms with Crippen molar-refractivity contribution in [2.45, 2.75) is 50.9 Å². The third-order valence-electron chi connectivity index (χ3n) is 4.87. The molecule has 1 aliphatic rings. The second-order valence-electron chi connectivity index (χ2n) is 7.95. The molecule has 0 unspecified atom stereocenters. The van der Waals surface area contributed by atoms with Crippen LogP contribution in [0.15, 0.2) is 29.6 Å². The van der Waals surface area contributed by atoms with Gasteiger partial charge < -0.3 is 15.4 Å². The van der Waals surface area contributed by atoms with Gasteiger partial charge in [0.2, 0.25) is 11.8 Å². The van der Waals surface area contributed by atoms with Crippen molar-refractivity contribution in [1.29, 1.82) is 0 Å². The average molecular weight is 463 g/mol. The van der Waals surface area contributed by atoms with Gasteiger partial charge in [-0.1, -0.05) is 37.2 Å². The molecular formula is C22H27ClN4O3S. The molecule has 0 radical (unpaired) electrons. The second-order valence-corrected chi connectivity index (χ2v) is 9.13. The molecule has 7 nitrogen and oxygen atoms in total. The van der Waals surface area contributed by atoms with Gasteiger partial charge in [-0.25, -0.2) is 9.97 Å². The summed E-state index contributed by atoms with van der Waals surface area (Å²) in [6.45, 7) is 5.77. The lowest BCUT2D eigenvalue weighted by molar-refractivity contribution is -0.128. The van der Waals surface area contributed by atoms with E-state index in [-0.39, 0.29) is 23.8 Å². The number of halogens is 1. The zero-order valence-electron chi connectivity index (χ0n) is 18.1. The Kier molecular flexibility index (Phi) is 7.78. The van der Waals surface area contributed by atoms with Crippen LogP contribution in [0.3, 0.4) is 0 Å². The quantitative estimate of drug-likeness (QED) is 0.460. The number of ether oxygens (including phenoxy) is 1. The fraction of sp³-hybridized carbons (Fsp3) is 0.455. The number of thioether (sulfide) groups is 1. The number of rotatable bonds is 8. The summed E-state index contributed by atoms with van der Waals surface area (Å²) in [6, 6.07) is 5.15. The second kappa shape index (κ2) is 10.3. The highest BCUT2D eigenvalue weighted by Gasteiger charge is 2.28. The SMILES string of the molecule is CSc1nccc(-c2cc(Cl)c3c(c2)C[C@@H](CNC(=O)[C@H](CC(C)C)NC(C)=O)O3)n1. The van der Waals surface area contributed by atoms with E-state index in [2.05, 4.69) is 20.6 Å². The molecule has 2 heterocycles. The number of benzene rings is 1. The highest BCUT2D eigenvalue weighted by Crippen LogP contribution is 2.39. The highest BCUT2D eigenvalue weighted by molar-refractivity contribution is 7.98. The molecule has 2 aromatic rings. The number of nitrogens with one attached hydrogen (secondary N) is 2. The summed E-state index contributed by atoms with van der Waals surface area (Å²) in [5, 5.41) is 6.84. The van der Waals surface area contributed by atoms with Gasteiger partial charge in [0.25, 0.3) is 0 Å². The summed E-state index contributed by atoms with van der Waals surface area (Å²) < 4.78 is 5.99. The highest BCUT2D eigenvalue weighted by atomic mass is 35.5. The Bertz CT molecular complexity index is 970. The fourth-order valence-corrected chi connectivity index (χ4v) is 4.17. The predicted molar refractivity (Wildman–Crippen MR) is 122 cm³/mol. The third-order valence-corrected chi connectivity index (χ3v) is 5.71. The van der Waals surface area contributed by atoms with Crippen molar-refractivity contribution >= 4 is 35.2 Å². The number of hydrogen-bond donors (Lipinski definition) is 2. The van der Waals surface area contributed by atoms with Gasteiger partial charge in [-0.15, -0.1) is 0 Å². The Hall–Kier alpha value is -2.32. The van der Waals surface area contributed by atoms with Crippen molar-refractivity contribution in [2.75, 3.05) is 12.8 Å². The molecule has 0 bridgehead atoms. The minimum Gasteiger partial charge on any atom is -0.486 e. The zero-order chi connectivity index (χ0) is 22.5. The standard InChI is InChI=1S/C22H27ClN4O3S/c1-12(2)7-19(26-13(3)28)21(29)25-11-16-9-15-8-14(10-17(23)20(15)30-16)18-5-6-24-22(27-18)31-4/h5-6,8,10,12,16,19H,7,9,11H2,1-4H3,(H,25,29)(H,26,28)/t16-,19-/m0/s1. The van der Waals surface area contributed by atoms with E-state index in [1.54, 1.807) is 6.20 Å². The van der Waals surface area contributed by atoms with Crippen LogP contribution < -0.4 is 15.4 Å². The molecule has 0 aliphatic carbocycles. The van der Waals surface area contributed by atoms with E-state index >= 15 is 0 Å². The smallest absolute Gasteiger partial charge is 0.242 e. The van der Waals surface area contributed by atoms with Crippen LogP contribution in [0.1, 0.15) is 32.8 Å². The van der Waals surface area contributed by atoms with Crippen LogP contribution in [0.5, 0.6) is 5.75 Å². The van der Waals surface area contributed by atoms with Gasteiger partial charge in [-0.3, -0.25) is 9.59 Å². The number of fused-ring (bicyclic) bond motifs is 1. The summed E-state index contributed by atoms with van der Waals surface area (Å²) in [6.07, 6.45) is 4.63. The van der Waals surface area contributed by atoms with Gasteiger partial charge in [0.05, 0.1) is 17.3 Å². The lowest BCUT2D eigenvalue weighted by atomic mass is 10.0. The Morgan fingerprint density at radius 1 is 1.35 bits per heavy atom. The van der Waals surface area contributed by atoms with E-state index in [4.69, 9.17) is 16.3 Å². The van der Waals surface area contributed by atoms with Crippen LogP contribution in [0.25, 0.3) is 11.3 Å². The van der Waals surface area contributed by atoms with Crippen LogP contribution in [0.2, 0.25) is 5.02 Å². The molecule has 3 rings (SSSR count). The van der Waals surface area contributed by atoms with E-state index in [1.165, 1.54) is 18.7 Å². The maximum atomic E-state index is 12.6. The van der Waals surface area contributed by atoms with Crippen LogP contribution in [0.4, 0.5) is 0 Å². The number of carbonyl (C=O) groups is 2. The summed E-state index contributed by atoms with van der Waals surface area (Å²) >= 11 is 7.96. The minimum atomic E-state index is -0.556. The Balaban J connectivity index is 1.67. The third kappa shape index (κ3) is 6.11. The van der Waals surface area contributed by atoms with Crippen molar-refractivity contribution in [3.8, 4) is 17.0 Å². The van der Waals surface area contributed by atoms with Crippen LogP contribution in [-0.2, 0) is 16.0 Å². The Morgan fingerprint density at radius 2 is 2.13 bits per heavy atom. The van der Waals surface area contributed by atoms with Gasteiger partial charge in [0.15, 0.2) is 5.16 Å². The number of amides is 2. The first-order valence-electron chi connectivity index (χ1n) is 10.2. The van der Waals surface area contributed by atoms with Crippen LogP contribution in [-0.4, -0.2) is 46.7 Å². The molecule has 2 atom stereocenters. The van der Waals surface area contributed by atoms with E-state index < -0.39 is 6.04 Å². The maximum absolute atomic E-state index is 12.6. The number of nitrogens with zero attached hydrogens (tertiary/aromatic N) is 2. The normalized spacial score (nSPS) is 15.9. The molecule has 31 heavy (non-hydrogen) atoms. The van der Waals surface area contributed by atoms with Gasteiger partial charge in [0, 0.05) is 30.7 Å². The summed E-state index contributed by atoms with van der Waals surface area (Å²) in [5.41, 5.74) is 2.68. The van der Waals surface area contributed by atoms with Crippen molar-refractivity contribution < 1.29 is 14.3 Å². The monoisotopic (exact) mass is 462 g/mol. The lowest BCUT2D eigenvalue weighted by Gasteiger charge is -2.20. The molecule has 0 saturated heterocycles. The molecule has 1 aliphatic heterocycles. The van der Waals surface area contributed by atoms with Crippen molar-refractivity contribution in [1.82, 2.24) is 20.6 Å². The molecule has 1 aromatic heterocycles. The Morgan fingerprint density at radius 3 is 2.81 bits per heavy atom. The zero-order valence-corrected chi connectivity index (χ0v) is 19.6. The molecule has 2 N–H and O–H groups in total. The minimum absolute atomic E-state index is 0.208. The first-order valence-corrected chi connectivity index (χ1v) is 11.8. The van der Waals surface area contributed by atoms with E-state index in [0.29, 0.717) is 35.3 Å². The van der Waals surface area contributed by atoms with Crippen LogP contribution in [0, 0.1) is 5.92 Å². The van der Waals surface area contributed by atoms with Crippen molar-refractivity contribution in [2.24, 2.45) is 5.92 Å². The first kappa shape index (κ1) is 23.3. The summed E-state index contributed by atoms with van der Waals surface area (Å²) in [4.78, 5) is 32.8. The van der Waals surface area contributed by atoms with E-state index in [9.17, 15) is 9.59 Å². The number of aromatic nitrogens is 2.